The van der Waals surface area contributed by atoms with Crippen LogP contribution in [0.2, 0.25) is 0 Å². The van der Waals surface area contributed by atoms with Gasteiger partial charge in [-0.25, -0.2) is 4.98 Å². The number of rotatable bonds is 4. The molecular formula is C25H25N5. The molecule has 0 unspecified atom stereocenters. The maximum Gasteiger partial charge on any atom is 0.157 e. The van der Waals surface area contributed by atoms with Gasteiger partial charge in [0.15, 0.2) is 5.65 Å². The van der Waals surface area contributed by atoms with E-state index in [1.54, 1.807) is 0 Å². The van der Waals surface area contributed by atoms with Gasteiger partial charge in [-0.05, 0) is 42.7 Å². The third-order valence-corrected chi connectivity index (χ3v) is 6.12. The van der Waals surface area contributed by atoms with Crippen molar-refractivity contribution in [1.82, 2.24) is 14.3 Å². The van der Waals surface area contributed by atoms with Crippen molar-refractivity contribution in [3.63, 3.8) is 0 Å². The number of pyridine rings is 1. The number of piperazine rings is 1. The first-order valence-electron chi connectivity index (χ1n) is 10.6. The van der Waals surface area contributed by atoms with Crippen molar-refractivity contribution in [3.8, 4) is 6.07 Å². The summed E-state index contributed by atoms with van der Waals surface area (Å²) in [6.45, 7) is 7.13. The molecule has 5 rings (SSSR count). The van der Waals surface area contributed by atoms with Crippen molar-refractivity contribution in [2.45, 2.75) is 13.3 Å². The van der Waals surface area contributed by atoms with Gasteiger partial charge < -0.3 is 4.90 Å². The van der Waals surface area contributed by atoms with E-state index in [4.69, 9.17) is 4.98 Å². The highest BCUT2D eigenvalue weighted by molar-refractivity contribution is 5.85. The number of imidazole rings is 1. The van der Waals surface area contributed by atoms with E-state index < -0.39 is 0 Å². The monoisotopic (exact) mass is 395 g/mol. The highest BCUT2D eigenvalue weighted by atomic mass is 15.3. The van der Waals surface area contributed by atoms with Crippen LogP contribution in [0, 0.1) is 18.3 Å². The Hall–Kier alpha value is -3.36. The van der Waals surface area contributed by atoms with Crippen LogP contribution in [0.1, 0.15) is 16.7 Å². The Morgan fingerprint density at radius 3 is 2.47 bits per heavy atom. The summed E-state index contributed by atoms with van der Waals surface area (Å²) in [5.74, 6) is 1.14. The van der Waals surface area contributed by atoms with E-state index in [-0.39, 0.29) is 0 Å². The number of anilines is 1. The number of aromatic nitrogens is 2. The lowest BCUT2D eigenvalue weighted by molar-refractivity contribution is 0.260. The van der Waals surface area contributed by atoms with Gasteiger partial charge in [-0.3, -0.25) is 9.30 Å². The summed E-state index contributed by atoms with van der Waals surface area (Å²) in [6.07, 6.45) is 1.09. The molecule has 1 fully saturated rings. The van der Waals surface area contributed by atoms with Crippen molar-refractivity contribution in [2.75, 3.05) is 37.6 Å². The Morgan fingerprint density at radius 1 is 0.967 bits per heavy atom. The molecule has 1 aliphatic rings. The molecule has 2 aromatic carbocycles. The van der Waals surface area contributed by atoms with E-state index in [2.05, 4.69) is 62.7 Å². The smallest absolute Gasteiger partial charge is 0.157 e. The lowest BCUT2D eigenvalue weighted by Gasteiger charge is -2.36. The minimum absolute atomic E-state index is 0.663. The molecule has 0 bridgehead atoms. The Balaban J connectivity index is 1.41. The van der Waals surface area contributed by atoms with Crippen LogP contribution in [0.4, 0.5) is 5.82 Å². The summed E-state index contributed by atoms with van der Waals surface area (Å²) in [6, 6.07) is 23.4. The molecule has 150 valence electrons. The molecule has 3 heterocycles. The maximum absolute atomic E-state index is 9.71. The summed E-state index contributed by atoms with van der Waals surface area (Å²) in [5.41, 5.74) is 5.81. The Morgan fingerprint density at radius 2 is 1.70 bits per heavy atom. The van der Waals surface area contributed by atoms with Crippen LogP contribution >= 0.6 is 0 Å². The van der Waals surface area contributed by atoms with Crippen molar-refractivity contribution >= 4 is 22.5 Å². The van der Waals surface area contributed by atoms with Gasteiger partial charge in [0.05, 0.1) is 16.6 Å². The molecule has 0 saturated carbocycles. The standard InChI is InChI=1S/C25H25N5/c1-19-17-24(30-23-10-6-5-9-22(23)27-25(30)21(19)18-26)29-15-13-28(14-16-29)12-11-20-7-3-2-4-8-20/h2-10,17H,11-16H2,1H3. The van der Waals surface area contributed by atoms with Crippen molar-refractivity contribution in [3.05, 3.63) is 77.4 Å². The summed E-state index contributed by atoms with van der Waals surface area (Å²) in [5, 5.41) is 9.71. The molecule has 1 aliphatic heterocycles. The van der Waals surface area contributed by atoms with Gasteiger partial charge in [0.1, 0.15) is 11.9 Å². The number of benzene rings is 2. The molecule has 30 heavy (non-hydrogen) atoms. The predicted octanol–water partition coefficient (Wildman–Crippen LogP) is 4.03. The number of fused-ring (bicyclic) bond motifs is 3. The van der Waals surface area contributed by atoms with Crippen LogP contribution in [-0.2, 0) is 6.42 Å². The highest BCUT2D eigenvalue weighted by Crippen LogP contribution is 2.29. The normalized spacial score (nSPS) is 15.0. The number of hydrogen-bond acceptors (Lipinski definition) is 4. The predicted molar refractivity (Wildman–Crippen MR) is 121 cm³/mol. The Kier molecular flexibility index (Phi) is 4.86. The Labute approximate surface area is 176 Å². The first-order chi connectivity index (χ1) is 14.7. The van der Waals surface area contributed by atoms with Crippen molar-refractivity contribution in [2.24, 2.45) is 0 Å². The molecule has 0 aliphatic carbocycles. The lowest BCUT2D eigenvalue weighted by atomic mass is 10.1. The fourth-order valence-electron chi connectivity index (χ4n) is 4.44. The SMILES string of the molecule is Cc1cc(N2CCN(CCc3ccccc3)CC2)n2c(nc3ccccc32)c1C#N. The maximum atomic E-state index is 9.71. The van der Waals surface area contributed by atoms with Gasteiger partial charge in [0.25, 0.3) is 0 Å². The molecule has 0 radical (unpaired) electrons. The second kappa shape index (κ2) is 7.81. The first kappa shape index (κ1) is 18.7. The van der Waals surface area contributed by atoms with E-state index in [0.29, 0.717) is 5.56 Å². The van der Waals surface area contributed by atoms with Crippen LogP contribution in [0.15, 0.2) is 60.7 Å². The number of nitriles is 1. The Bertz CT molecular complexity index is 1230. The molecule has 5 nitrogen and oxygen atoms in total. The molecular weight excluding hydrogens is 370 g/mol. The van der Waals surface area contributed by atoms with Crippen LogP contribution in [0.3, 0.4) is 0 Å². The zero-order valence-corrected chi connectivity index (χ0v) is 17.3. The fraction of sp³-hybridized carbons (Fsp3) is 0.280. The third-order valence-electron chi connectivity index (χ3n) is 6.12. The molecule has 0 atom stereocenters. The summed E-state index contributed by atoms with van der Waals surface area (Å²) < 4.78 is 2.17. The van der Waals surface area contributed by atoms with Crippen LogP contribution in [0.25, 0.3) is 16.7 Å². The van der Waals surface area contributed by atoms with Gasteiger partial charge in [-0.2, -0.15) is 5.26 Å². The minimum atomic E-state index is 0.663. The first-order valence-corrected chi connectivity index (χ1v) is 10.6. The molecule has 2 aromatic heterocycles. The summed E-state index contributed by atoms with van der Waals surface area (Å²) >= 11 is 0. The van der Waals surface area contributed by atoms with Gasteiger partial charge in [0.2, 0.25) is 0 Å². The van der Waals surface area contributed by atoms with E-state index >= 15 is 0 Å². The third kappa shape index (κ3) is 3.30. The zero-order valence-electron chi connectivity index (χ0n) is 17.3. The number of aryl methyl sites for hydroxylation is 1. The number of hydrogen-bond donors (Lipinski definition) is 0. The van der Waals surface area contributed by atoms with Crippen LogP contribution < -0.4 is 4.90 Å². The van der Waals surface area contributed by atoms with Crippen LogP contribution in [0.5, 0.6) is 0 Å². The summed E-state index contributed by atoms with van der Waals surface area (Å²) in [7, 11) is 0. The zero-order chi connectivity index (χ0) is 20.5. The quantitative estimate of drug-likeness (QED) is 0.523. The van der Waals surface area contributed by atoms with Crippen LogP contribution in [-0.4, -0.2) is 47.0 Å². The van der Waals surface area contributed by atoms with Gasteiger partial charge in [-0.1, -0.05) is 42.5 Å². The van der Waals surface area contributed by atoms with E-state index in [9.17, 15) is 5.26 Å². The molecule has 0 spiro atoms. The second-order valence-corrected chi connectivity index (χ2v) is 8.00. The van der Waals surface area contributed by atoms with Gasteiger partial charge in [-0.15, -0.1) is 0 Å². The minimum Gasteiger partial charge on any atom is -0.355 e. The second-order valence-electron chi connectivity index (χ2n) is 8.00. The fourth-order valence-corrected chi connectivity index (χ4v) is 4.44. The van der Waals surface area contributed by atoms with E-state index in [0.717, 1.165) is 67.2 Å². The topological polar surface area (TPSA) is 47.6 Å². The largest absolute Gasteiger partial charge is 0.355 e. The average Bonchev–Trinajstić information content (AvgIpc) is 3.17. The molecule has 0 amide bonds. The lowest BCUT2D eigenvalue weighted by Crippen LogP contribution is -2.47. The van der Waals surface area contributed by atoms with Gasteiger partial charge >= 0.3 is 0 Å². The average molecular weight is 396 g/mol. The molecule has 0 N–H and O–H groups in total. The van der Waals surface area contributed by atoms with E-state index in [1.807, 2.05) is 25.1 Å². The number of para-hydroxylation sites is 2. The molecule has 1 saturated heterocycles. The van der Waals surface area contributed by atoms with Crippen molar-refractivity contribution < 1.29 is 0 Å². The van der Waals surface area contributed by atoms with Gasteiger partial charge in [0, 0.05) is 32.7 Å². The highest BCUT2D eigenvalue weighted by Gasteiger charge is 2.22. The number of nitrogens with zero attached hydrogens (tertiary/aromatic N) is 5. The van der Waals surface area contributed by atoms with Crippen molar-refractivity contribution in [1.29, 1.82) is 5.26 Å². The summed E-state index contributed by atoms with van der Waals surface area (Å²) in [4.78, 5) is 9.77. The molecule has 4 aromatic rings. The van der Waals surface area contributed by atoms with E-state index in [1.165, 1.54) is 5.56 Å². The molecule has 5 heteroatoms.